The van der Waals surface area contributed by atoms with Gasteiger partial charge in [-0.15, -0.1) is 0 Å². The minimum atomic E-state index is -0.464. The molecule has 6 heteroatoms. The van der Waals surface area contributed by atoms with Crippen molar-refractivity contribution in [1.29, 1.82) is 0 Å². The lowest BCUT2D eigenvalue weighted by Gasteiger charge is -2.14. The van der Waals surface area contributed by atoms with Gasteiger partial charge in [0.15, 0.2) is 0 Å². The van der Waals surface area contributed by atoms with Crippen molar-refractivity contribution in [3.63, 3.8) is 0 Å². The molecular weight excluding hydrogens is 304 g/mol. The van der Waals surface area contributed by atoms with Crippen molar-refractivity contribution in [1.82, 2.24) is 5.43 Å². The van der Waals surface area contributed by atoms with Crippen LogP contribution in [0.1, 0.15) is 5.76 Å². The van der Waals surface area contributed by atoms with Crippen LogP contribution in [-0.4, -0.2) is 11.8 Å². The van der Waals surface area contributed by atoms with Crippen LogP contribution in [-0.2, 0) is 9.59 Å². The summed E-state index contributed by atoms with van der Waals surface area (Å²) in [7, 11) is 0. The lowest BCUT2D eigenvalue weighted by molar-refractivity contribution is -0.117. The molecule has 0 radical (unpaired) electrons. The predicted octanol–water partition coefficient (Wildman–Crippen LogP) is 2.95. The van der Waals surface area contributed by atoms with Gasteiger partial charge in [0.05, 0.1) is 12.0 Å². The van der Waals surface area contributed by atoms with Crippen molar-refractivity contribution in [2.75, 3.05) is 5.01 Å². The number of allylic oxidation sites excluding steroid dienone is 2. The predicted molar refractivity (Wildman–Crippen MR) is 82.9 cm³/mol. The van der Waals surface area contributed by atoms with E-state index in [2.05, 4.69) is 5.43 Å². The van der Waals surface area contributed by atoms with Crippen molar-refractivity contribution < 1.29 is 14.0 Å². The van der Waals surface area contributed by atoms with Gasteiger partial charge in [0.25, 0.3) is 11.8 Å². The van der Waals surface area contributed by atoms with Crippen molar-refractivity contribution in [3.05, 3.63) is 71.2 Å². The van der Waals surface area contributed by atoms with Gasteiger partial charge in [0, 0.05) is 5.02 Å². The first-order valence-corrected chi connectivity index (χ1v) is 6.86. The Labute approximate surface area is 131 Å². The summed E-state index contributed by atoms with van der Waals surface area (Å²) in [5, 5.41) is 1.65. The van der Waals surface area contributed by atoms with Crippen molar-refractivity contribution in [2.24, 2.45) is 0 Å². The highest BCUT2D eigenvalue weighted by Crippen LogP contribution is 2.23. The Bertz CT molecular complexity index is 778. The van der Waals surface area contributed by atoms with E-state index in [1.165, 1.54) is 11.1 Å². The van der Waals surface area contributed by atoms with E-state index < -0.39 is 11.8 Å². The van der Waals surface area contributed by atoms with Gasteiger partial charge in [-0.2, -0.15) is 0 Å². The van der Waals surface area contributed by atoms with Gasteiger partial charge in [-0.1, -0.05) is 23.7 Å². The van der Waals surface area contributed by atoms with Crippen LogP contribution in [0, 0.1) is 0 Å². The zero-order chi connectivity index (χ0) is 15.5. The van der Waals surface area contributed by atoms with E-state index in [9.17, 15) is 9.59 Å². The second-order valence-corrected chi connectivity index (χ2v) is 4.95. The fourth-order valence-corrected chi connectivity index (χ4v) is 2.18. The third-order valence-corrected chi connectivity index (χ3v) is 3.26. The quantitative estimate of drug-likeness (QED) is 0.700. The molecule has 1 aliphatic heterocycles. The number of furan rings is 1. The Kier molecular flexibility index (Phi) is 3.80. The molecule has 0 aliphatic carbocycles. The highest BCUT2D eigenvalue weighted by molar-refractivity contribution is 6.32. The largest absolute Gasteiger partial charge is 0.465 e. The minimum Gasteiger partial charge on any atom is -0.465 e. The number of carbonyl (C=O) groups excluding carboxylic acids is 2. The van der Waals surface area contributed by atoms with Gasteiger partial charge in [-0.25, -0.2) is 5.01 Å². The zero-order valence-corrected chi connectivity index (χ0v) is 12.1. The third-order valence-electron chi connectivity index (χ3n) is 3.02. The summed E-state index contributed by atoms with van der Waals surface area (Å²) in [5.74, 6) is -0.264. The zero-order valence-electron chi connectivity index (χ0n) is 11.3. The Morgan fingerprint density at radius 1 is 1.18 bits per heavy atom. The summed E-state index contributed by atoms with van der Waals surface area (Å²) >= 11 is 5.90. The van der Waals surface area contributed by atoms with Crippen molar-refractivity contribution >= 4 is 35.2 Å². The standard InChI is InChI=1S/C16H11ClN2O3/c17-11-4-1-5-12(10-11)19-16(21)14(15(20)18-19)8-2-6-13-7-3-9-22-13/h1-10H,(H,18,20)/b6-2+,14-8-. The number of carbonyl (C=O) groups is 2. The molecule has 0 atom stereocenters. The van der Waals surface area contributed by atoms with Crippen LogP contribution in [0.2, 0.25) is 5.02 Å². The fraction of sp³-hybridized carbons (Fsp3) is 0. The van der Waals surface area contributed by atoms with Crippen LogP contribution >= 0.6 is 11.6 Å². The summed E-state index contributed by atoms with van der Waals surface area (Å²) in [4.78, 5) is 24.2. The highest BCUT2D eigenvalue weighted by atomic mass is 35.5. The maximum absolute atomic E-state index is 12.3. The third kappa shape index (κ3) is 2.80. The van der Waals surface area contributed by atoms with E-state index in [0.29, 0.717) is 16.5 Å². The monoisotopic (exact) mass is 314 g/mol. The average Bonchev–Trinajstić information content (AvgIpc) is 3.10. The number of hydrazine groups is 1. The van der Waals surface area contributed by atoms with E-state index in [0.717, 1.165) is 0 Å². The number of halogens is 1. The molecule has 1 aromatic heterocycles. The molecule has 22 heavy (non-hydrogen) atoms. The van der Waals surface area contributed by atoms with Gasteiger partial charge < -0.3 is 4.42 Å². The maximum Gasteiger partial charge on any atom is 0.282 e. The van der Waals surface area contributed by atoms with Crippen LogP contribution in [0.15, 0.2) is 64.8 Å². The highest BCUT2D eigenvalue weighted by Gasteiger charge is 2.33. The first-order chi connectivity index (χ1) is 10.6. The Balaban J connectivity index is 1.82. The lowest BCUT2D eigenvalue weighted by atomic mass is 10.2. The van der Waals surface area contributed by atoms with Gasteiger partial charge >= 0.3 is 0 Å². The number of anilines is 1. The maximum atomic E-state index is 12.3. The van der Waals surface area contributed by atoms with Crippen molar-refractivity contribution in [2.45, 2.75) is 0 Å². The molecule has 2 aromatic rings. The fourth-order valence-electron chi connectivity index (χ4n) is 2.00. The molecule has 0 unspecified atom stereocenters. The molecule has 110 valence electrons. The first kappa shape index (κ1) is 14.2. The number of hydrogen-bond donors (Lipinski definition) is 1. The van der Waals surface area contributed by atoms with Gasteiger partial charge in [0.2, 0.25) is 0 Å². The smallest absolute Gasteiger partial charge is 0.282 e. The Morgan fingerprint density at radius 2 is 2.05 bits per heavy atom. The topological polar surface area (TPSA) is 62.6 Å². The summed E-state index contributed by atoms with van der Waals surface area (Å²) < 4.78 is 5.13. The van der Waals surface area contributed by atoms with Crippen LogP contribution in [0.3, 0.4) is 0 Å². The molecule has 2 amide bonds. The summed E-state index contributed by atoms with van der Waals surface area (Å²) in [6.45, 7) is 0. The number of nitrogens with one attached hydrogen (secondary N) is 1. The molecular formula is C16H11ClN2O3. The number of amides is 2. The number of benzene rings is 1. The van der Waals surface area contributed by atoms with Crippen LogP contribution < -0.4 is 10.4 Å². The van der Waals surface area contributed by atoms with Gasteiger partial charge in [-0.3, -0.25) is 15.0 Å². The van der Waals surface area contributed by atoms with E-state index in [4.69, 9.17) is 16.0 Å². The second-order valence-electron chi connectivity index (χ2n) is 4.52. The molecule has 1 fully saturated rings. The molecule has 1 N–H and O–H groups in total. The summed E-state index contributed by atoms with van der Waals surface area (Å²) in [6, 6.07) is 10.2. The molecule has 2 heterocycles. The minimum absolute atomic E-state index is 0.0442. The van der Waals surface area contributed by atoms with Gasteiger partial charge in [-0.05, 0) is 42.5 Å². The van der Waals surface area contributed by atoms with E-state index in [-0.39, 0.29) is 5.57 Å². The number of rotatable bonds is 3. The number of nitrogens with zero attached hydrogens (tertiary/aromatic N) is 1. The van der Waals surface area contributed by atoms with Crippen molar-refractivity contribution in [3.8, 4) is 0 Å². The summed E-state index contributed by atoms with van der Waals surface area (Å²) in [6.07, 6.45) is 6.24. The Hall–Kier alpha value is -2.79. The average molecular weight is 315 g/mol. The Morgan fingerprint density at radius 3 is 2.77 bits per heavy atom. The van der Waals surface area contributed by atoms with Crippen LogP contribution in [0.4, 0.5) is 5.69 Å². The molecule has 1 aromatic carbocycles. The SMILES string of the molecule is O=C1NN(c2cccc(Cl)c2)C(=O)/C1=C\C=C\c1ccco1. The molecule has 1 aliphatic rings. The van der Waals surface area contributed by atoms with Gasteiger partial charge in [0.1, 0.15) is 11.3 Å². The number of hydrogen-bond acceptors (Lipinski definition) is 3. The van der Waals surface area contributed by atoms with Crippen LogP contribution in [0.5, 0.6) is 0 Å². The van der Waals surface area contributed by atoms with Crippen LogP contribution in [0.25, 0.3) is 6.08 Å². The molecule has 0 spiro atoms. The molecule has 5 nitrogen and oxygen atoms in total. The molecule has 3 rings (SSSR count). The van der Waals surface area contributed by atoms with E-state index >= 15 is 0 Å². The first-order valence-electron chi connectivity index (χ1n) is 6.48. The normalized spacial score (nSPS) is 16.8. The molecule has 1 saturated heterocycles. The lowest BCUT2D eigenvalue weighted by Crippen LogP contribution is -2.35. The van der Waals surface area contributed by atoms with E-state index in [1.54, 1.807) is 54.8 Å². The summed E-state index contributed by atoms with van der Waals surface area (Å²) in [5.41, 5.74) is 3.05. The molecule has 0 saturated carbocycles. The van der Waals surface area contributed by atoms with E-state index in [1.807, 2.05) is 0 Å². The molecule has 0 bridgehead atoms. The second kappa shape index (κ2) is 5.91.